The molecule has 4 rings (SSSR count). The molecule has 130 valence electrons. The number of halogens is 1. The highest BCUT2D eigenvalue weighted by molar-refractivity contribution is 5.39. The van der Waals surface area contributed by atoms with Gasteiger partial charge in [0.25, 0.3) is 0 Å². The van der Waals surface area contributed by atoms with Crippen LogP contribution in [0.4, 0.5) is 10.1 Å². The maximum absolute atomic E-state index is 13.0. The van der Waals surface area contributed by atoms with Crippen molar-refractivity contribution in [2.45, 2.75) is 13.1 Å². The third-order valence-electron chi connectivity index (χ3n) is 3.83. The number of nitrogens with one attached hydrogen (secondary N) is 1. The van der Waals surface area contributed by atoms with Gasteiger partial charge in [-0.25, -0.2) is 9.07 Å². The summed E-state index contributed by atoms with van der Waals surface area (Å²) in [5, 5.41) is 15.8. The predicted octanol–water partition coefficient (Wildman–Crippen LogP) is 2.66. The van der Waals surface area contributed by atoms with Gasteiger partial charge in [-0.15, -0.1) is 5.10 Å². The summed E-state index contributed by atoms with van der Waals surface area (Å²) < 4.78 is 16.5. The first-order chi connectivity index (χ1) is 12.8. The van der Waals surface area contributed by atoms with E-state index in [2.05, 4.69) is 25.7 Å². The van der Waals surface area contributed by atoms with Crippen LogP contribution in [0.25, 0.3) is 5.69 Å². The van der Waals surface area contributed by atoms with Gasteiger partial charge in [0, 0.05) is 18.6 Å². The van der Waals surface area contributed by atoms with Gasteiger partial charge in [0.15, 0.2) is 0 Å². The molecule has 26 heavy (non-hydrogen) atoms. The van der Waals surface area contributed by atoms with Crippen LogP contribution in [0.1, 0.15) is 11.3 Å². The number of hydrogen-bond acceptors (Lipinski definition) is 5. The topological polar surface area (TPSA) is 73.5 Å². The van der Waals surface area contributed by atoms with Crippen molar-refractivity contribution >= 4 is 5.69 Å². The average molecular weight is 349 g/mol. The normalized spacial score (nSPS) is 10.8. The molecule has 1 aromatic carbocycles. The second-order valence-corrected chi connectivity index (χ2v) is 5.77. The summed E-state index contributed by atoms with van der Waals surface area (Å²) in [5.74, 6) is -0.278. The zero-order chi connectivity index (χ0) is 17.8. The van der Waals surface area contributed by atoms with E-state index >= 15 is 0 Å². The summed E-state index contributed by atoms with van der Waals surface area (Å²) in [4.78, 5) is 4.01. The van der Waals surface area contributed by atoms with Crippen LogP contribution in [-0.4, -0.2) is 29.8 Å². The first-order valence-electron chi connectivity index (χ1n) is 8.09. The Kier molecular flexibility index (Phi) is 4.38. The van der Waals surface area contributed by atoms with Crippen molar-refractivity contribution in [3.8, 4) is 5.69 Å². The molecule has 7 nitrogen and oxygen atoms in total. The summed E-state index contributed by atoms with van der Waals surface area (Å²) in [6, 6.07) is 10.0. The standard InChI is InChI=1S/C18H16FN7/c19-15-1-3-18(4-2-15)26-13-17(23-24-26)9-21-16-10-22-25(12-16)11-14-5-7-20-8-6-14/h1-8,10,12-13,21H,9,11H2. The van der Waals surface area contributed by atoms with Gasteiger partial charge in [-0.2, -0.15) is 5.10 Å². The van der Waals surface area contributed by atoms with E-state index in [1.807, 2.05) is 29.2 Å². The lowest BCUT2D eigenvalue weighted by atomic mass is 10.3. The van der Waals surface area contributed by atoms with Crippen LogP contribution in [0, 0.1) is 5.82 Å². The minimum absolute atomic E-state index is 0.278. The molecule has 0 unspecified atom stereocenters. The number of benzene rings is 1. The van der Waals surface area contributed by atoms with Crippen molar-refractivity contribution in [2.75, 3.05) is 5.32 Å². The minimum Gasteiger partial charge on any atom is -0.377 e. The smallest absolute Gasteiger partial charge is 0.123 e. The largest absolute Gasteiger partial charge is 0.377 e. The van der Waals surface area contributed by atoms with Gasteiger partial charge >= 0.3 is 0 Å². The first kappa shape index (κ1) is 15.9. The van der Waals surface area contributed by atoms with E-state index in [9.17, 15) is 4.39 Å². The van der Waals surface area contributed by atoms with E-state index in [0.717, 1.165) is 22.6 Å². The zero-order valence-corrected chi connectivity index (χ0v) is 13.8. The number of rotatable bonds is 6. The fourth-order valence-corrected chi connectivity index (χ4v) is 2.51. The molecule has 0 amide bonds. The van der Waals surface area contributed by atoms with Crippen molar-refractivity contribution in [2.24, 2.45) is 0 Å². The molecule has 4 aromatic rings. The summed E-state index contributed by atoms with van der Waals surface area (Å²) >= 11 is 0. The molecule has 1 N–H and O–H groups in total. The maximum Gasteiger partial charge on any atom is 0.123 e. The van der Waals surface area contributed by atoms with Crippen LogP contribution < -0.4 is 5.32 Å². The SMILES string of the molecule is Fc1ccc(-n2cc(CNc3cnn(Cc4ccncc4)c3)nn2)cc1. The predicted molar refractivity (Wildman–Crippen MR) is 94.2 cm³/mol. The Hall–Kier alpha value is -3.55. The van der Waals surface area contributed by atoms with Crippen LogP contribution >= 0.6 is 0 Å². The summed E-state index contributed by atoms with van der Waals surface area (Å²) in [6.07, 6.45) is 9.04. The van der Waals surface area contributed by atoms with E-state index in [-0.39, 0.29) is 5.82 Å². The Morgan fingerprint density at radius 3 is 2.62 bits per heavy atom. The Morgan fingerprint density at radius 1 is 1.00 bits per heavy atom. The summed E-state index contributed by atoms with van der Waals surface area (Å²) in [6.45, 7) is 1.20. The van der Waals surface area contributed by atoms with Crippen molar-refractivity contribution in [1.82, 2.24) is 29.8 Å². The van der Waals surface area contributed by atoms with Crippen molar-refractivity contribution in [1.29, 1.82) is 0 Å². The second kappa shape index (κ2) is 7.14. The lowest BCUT2D eigenvalue weighted by molar-refractivity contribution is 0.626. The zero-order valence-electron chi connectivity index (χ0n) is 13.8. The van der Waals surface area contributed by atoms with Gasteiger partial charge in [-0.3, -0.25) is 9.67 Å². The molecular weight excluding hydrogens is 333 g/mol. The molecule has 0 aliphatic carbocycles. The third-order valence-corrected chi connectivity index (χ3v) is 3.83. The molecule has 0 fully saturated rings. The van der Waals surface area contributed by atoms with Gasteiger partial charge in [0.05, 0.1) is 36.9 Å². The van der Waals surface area contributed by atoms with E-state index in [1.54, 1.807) is 35.4 Å². The minimum atomic E-state index is -0.278. The van der Waals surface area contributed by atoms with E-state index in [0.29, 0.717) is 13.1 Å². The molecule has 8 heteroatoms. The molecule has 0 radical (unpaired) electrons. The molecule has 0 saturated carbocycles. The van der Waals surface area contributed by atoms with Gasteiger partial charge in [0.2, 0.25) is 0 Å². The average Bonchev–Trinajstić information content (AvgIpc) is 3.31. The van der Waals surface area contributed by atoms with Crippen molar-refractivity contribution in [3.63, 3.8) is 0 Å². The number of aromatic nitrogens is 6. The fraction of sp³-hybridized carbons (Fsp3) is 0.111. The molecule has 3 heterocycles. The highest BCUT2D eigenvalue weighted by atomic mass is 19.1. The highest BCUT2D eigenvalue weighted by Crippen LogP contribution is 2.11. The van der Waals surface area contributed by atoms with Crippen LogP contribution in [0.2, 0.25) is 0 Å². The molecule has 0 atom stereocenters. The fourth-order valence-electron chi connectivity index (χ4n) is 2.51. The van der Waals surface area contributed by atoms with Gasteiger partial charge in [-0.05, 0) is 42.0 Å². The molecule has 3 aromatic heterocycles. The highest BCUT2D eigenvalue weighted by Gasteiger charge is 2.05. The molecule has 0 aliphatic heterocycles. The van der Waals surface area contributed by atoms with Crippen LogP contribution in [0.3, 0.4) is 0 Å². The number of nitrogens with zero attached hydrogens (tertiary/aromatic N) is 6. The monoisotopic (exact) mass is 349 g/mol. The van der Waals surface area contributed by atoms with Crippen LogP contribution in [0.15, 0.2) is 67.4 Å². The number of anilines is 1. The molecule has 0 aliphatic rings. The Labute approximate surface area is 149 Å². The maximum atomic E-state index is 13.0. The van der Waals surface area contributed by atoms with Crippen LogP contribution in [0.5, 0.6) is 0 Å². The summed E-state index contributed by atoms with van der Waals surface area (Å²) in [5.41, 5.74) is 3.57. The number of pyridine rings is 1. The molecular formula is C18H16FN7. The Morgan fingerprint density at radius 2 is 1.81 bits per heavy atom. The quantitative estimate of drug-likeness (QED) is 0.579. The molecule has 0 bridgehead atoms. The Balaban J connectivity index is 1.37. The molecule has 0 spiro atoms. The Bertz CT molecular complexity index is 976. The van der Waals surface area contributed by atoms with Crippen LogP contribution in [-0.2, 0) is 13.1 Å². The third kappa shape index (κ3) is 3.75. The van der Waals surface area contributed by atoms with E-state index < -0.39 is 0 Å². The number of hydrogen-bond donors (Lipinski definition) is 1. The summed E-state index contributed by atoms with van der Waals surface area (Å²) in [7, 11) is 0. The van der Waals surface area contributed by atoms with E-state index in [4.69, 9.17) is 0 Å². The van der Waals surface area contributed by atoms with E-state index in [1.165, 1.54) is 12.1 Å². The van der Waals surface area contributed by atoms with Gasteiger partial charge in [-0.1, -0.05) is 5.21 Å². The van der Waals surface area contributed by atoms with Crippen molar-refractivity contribution < 1.29 is 4.39 Å². The van der Waals surface area contributed by atoms with Gasteiger partial charge < -0.3 is 5.32 Å². The lowest BCUT2D eigenvalue weighted by Crippen LogP contribution is -2.01. The second-order valence-electron chi connectivity index (χ2n) is 5.77. The van der Waals surface area contributed by atoms with Crippen molar-refractivity contribution in [3.05, 3.63) is 84.5 Å². The first-order valence-corrected chi connectivity index (χ1v) is 8.09. The lowest BCUT2D eigenvalue weighted by Gasteiger charge is -2.01. The molecule has 0 saturated heterocycles. The van der Waals surface area contributed by atoms with Gasteiger partial charge in [0.1, 0.15) is 11.5 Å².